The molecule has 1 spiro atoms. The highest BCUT2D eigenvalue weighted by Gasteiger charge is 2.61. The Balaban J connectivity index is 1.52. The van der Waals surface area contributed by atoms with Crippen LogP contribution in [0.15, 0.2) is 24.3 Å². The van der Waals surface area contributed by atoms with Gasteiger partial charge in [-0.2, -0.15) is 0 Å². The number of carbonyl (C=O) groups excluding carboxylic acids is 3. The van der Waals surface area contributed by atoms with Crippen molar-refractivity contribution in [2.24, 2.45) is 17.3 Å². The highest BCUT2D eigenvalue weighted by molar-refractivity contribution is 5.98. The van der Waals surface area contributed by atoms with Gasteiger partial charge in [0.2, 0.25) is 5.91 Å². The number of fused-ring (bicyclic) bond motifs is 3. The molecule has 3 saturated carbocycles. The molecular weight excluding hydrogens is 360 g/mol. The molecule has 2 amide bonds. The maximum atomic E-state index is 12.8. The van der Waals surface area contributed by atoms with E-state index in [4.69, 9.17) is 9.47 Å². The molecule has 1 aliphatic heterocycles. The zero-order valence-electron chi connectivity index (χ0n) is 16.2. The SMILES string of the molecule is CCOC(=O)CNC(=O)[C@@H]1C[C@H]2CC[C@@]1(C)C[C@]21NC(=O)c2ccccc2O1. The third-order valence-electron chi connectivity index (χ3n) is 6.53. The van der Waals surface area contributed by atoms with E-state index in [0.717, 1.165) is 12.8 Å². The Kier molecular flexibility index (Phi) is 4.56. The lowest BCUT2D eigenvalue weighted by molar-refractivity contribution is -0.168. The summed E-state index contributed by atoms with van der Waals surface area (Å²) in [6.07, 6.45) is 2.97. The summed E-state index contributed by atoms with van der Waals surface area (Å²) in [6.45, 7) is 3.99. The van der Waals surface area contributed by atoms with Gasteiger partial charge in [-0.15, -0.1) is 0 Å². The summed E-state index contributed by atoms with van der Waals surface area (Å²) in [5.74, 6) is -0.253. The minimum absolute atomic E-state index is 0.0463. The molecule has 0 aromatic heterocycles. The fourth-order valence-electron chi connectivity index (χ4n) is 5.15. The molecule has 1 heterocycles. The maximum absolute atomic E-state index is 12.8. The van der Waals surface area contributed by atoms with Crippen LogP contribution in [-0.4, -0.2) is 36.7 Å². The van der Waals surface area contributed by atoms with Crippen molar-refractivity contribution in [1.29, 1.82) is 0 Å². The third kappa shape index (κ3) is 3.02. The van der Waals surface area contributed by atoms with E-state index in [2.05, 4.69) is 17.6 Å². The van der Waals surface area contributed by atoms with Gasteiger partial charge >= 0.3 is 5.97 Å². The second kappa shape index (κ2) is 6.79. The molecule has 7 heteroatoms. The molecule has 1 aromatic carbocycles. The highest BCUT2D eigenvalue weighted by Crippen LogP contribution is 2.58. The number of amides is 2. The number of rotatable bonds is 4. The number of ether oxygens (including phenoxy) is 2. The summed E-state index contributed by atoms with van der Waals surface area (Å²) >= 11 is 0. The average Bonchev–Trinajstić information content (AvgIpc) is 2.66. The average molecular weight is 386 g/mol. The molecule has 4 aliphatic rings. The van der Waals surface area contributed by atoms with Crippen LogP contribution in [0.4, 0.5) is 0 Å². The van der Waals surface area contributed by atoms with Crippen molar-refractivity contribution in [3.05, 3.63) is 29.8 Å². The van der Waals surface area contributed by atoms with Gasteiger partial charge in [-0.05, 0) is 43.7 Å². The van der Waals surface area contributed by atoms with Crippen LogP contribution in [-0.2, 0) is 14.3 Å². The zero-order chi connectivity index (χ0) is 19.9. The van der Waals surface area contributed by atoms with E-state index in [0.29, 0.717) is 30.8 Å². The number of benzene rings is 1. The van der Waals surface area contributed by atoms with Crippen LogP contribution in [0.2, 0.25) is 0 Å². The molecule has 0 radical (unpaired) electrons. The monoisotopic (exact) mass is 386 g/mol. The summed E-state index contributed by atoms with van der Waals surface area (Å²) in [6, 6.07) is 7.26. The van der Waals surface area contributed by atoms with Crippen molar-refractivity contribution < 1.29 is 23.9 Å². The second-order valence-electron chi connectivity index (χ2n) is 8.32. The van der Waals surface area contributed by atoms with Crippen molar-refractivity contribution in [3.8, 4) is 5.75 Å². The summed E-state index contributed by atoms with van der Waals surface area (Å²) in [5.41, 5.74) is -0.535. The van der Waals surface area contributed by atoms with E-state index < -0.39 is 11.7 Å². The quantitative estimate of drug-likeness (QED) is 0.772. The molecule has 2 N–H and O–H groups in total. The van der Waals surface area contributed by atoms with Crippen LogP contribution in [0, 0.1) is 17.3 Å². The summed E-state index contributed by atoms with van der Waals surface area (Å²) in [7, 11) is 0. The van der Waals surface area contributed by atoms with Crippen molar-refractivity contribution in [1.82, 2.24) is 10.6 Å². The van der Waals surface area contributed by atoms with Crippen LogP contribution < -0.4 is 15.4 Å². The lowest BCUT2D eigenvalue weighted by atomic mass is 9.52. The second-order valence-corrected chi connectivity index (χ2v) is 8.32. The smallest absolute Gasteiger partial charge is 0.325 e. The predicted octanol–water partition coefficient (Wildman–Crippen LogP) is 2.01. The Morgan fingerprint density at radius 1 is 1.36 bits per heavy atom. The predicted molar refractivity (Wildman–Crippen MR) is 100 cm³/mol. The Labute approximate surface area is 164 Å². The maximum Gasteiger partial charge on any atom is 0.325 e. The van der Waals surface area contributed by atoms with E-state index in [-0.39, 0.29) is 35.6 Å². The molecule has 1 aromatic rings. The fraction of sp³-hybridized carbons (Fsp3) is 0.571. The number of nitrogens with one attached hydrogen (secondary N) is 2. The van der Waals surface area contributed by atoms with Crippen molar-refractivity contribution >= 4 is 17.8 Å². The Bertz CT molecular complexity index is 825. The van der Waals surface area contributed by atoms with Crippen LogP contribution in [0.25, 0.3) is 0 Å². The van der Waals surface area contributed by atoms with Crippen LogP contribution in [0.5, 0.6) is 5.75 Å². The molecule has 0 unspecified atom stereocenters. The van der Waals surface area contributed by atoms with Gasteiger partial charge in [0.15, 0.2) is 5.72 Å². The van der Waals surface area contributed by atoms with Gasteiger partial charge in [-0.3, -0.25) is 14.4 Å². The van der Waals surface area contributed by atoms with Gasteiger partial charge in [0.1, 0.15) is 12.3 Å². The van der Waals surface area contributed by atoms with E-state index in [9.17, 15) is 14.4 Å². The topological polar surface area (TPSA) is 93.7 Å². The standard InChI is InChI=1S/C21H26N2O5/c1-3-27-17(24)11-22-19(26)15-10-13-8-9-20(15,2)12-21(13)23-18(25)14-6-4-5-7-16(14)28-21/h4-7,13,15H,3,8-12H2,1-2H3,(H,22,26)(H,23,25)/t13-,15+,20+,21-/m1/s1. The van der Waals surface area contributed by atoms with Gasteiger partial charge in [0.25, 0.3) is 5.91 Å². The summed E-state index contributed by atoms with van der Waals surface area (Å²) in [5, 5.41) is 5.83. The van der Waals surface area contributed by atoms with E-state index in [1.165, 1.54) is 0 Å². The largest absolute Gasteiger partial charge is 0.467 e. The summed E-state index contributed by atoms with van der Waals surface area (Å²) in [4.78, 5) is 37.0. The lowest BCUT2D eigenvalue weighted by Crippen LogP contribution is -2.69. The first kappa shape index (κ1) is 18.8. The van der Waals surface area contributed by atoms with E-state index >= 15 is 0 Å². The Morgan fingerprint density at radius 2 is 2.14 bits per heavy atom. The van der Waals surface area contributed by atoms with E-state index in [1.807, 2.05) is 18.2 Å². The minimum Gasteiger partial charge on any atom is -0.467 e. The fourth-order valence-corrected chi connectivity index (χ4v) is 5.15. The Morgan fingerprint density at radius 3 is 2.89 bits per heavy atom. The van der Waals surface area contributed by atoms with Gasteiger partial charge in [-0.25, -0.2) is 0 Å². The molecule has 2 bridgehead atoms. The highest BCUT2D eigenvalue weighted by atomic mass is 16.5. The van der Waals surface area contributed by atoms with E-state index in [1.54, 1.807) is 13.0 Å². The molecule has 28 heavy (non-hydrogen) atoms. The van der Waals surface area contributed by atoms with Crippen molar-refractivity contribution in [2.45, 2.75) is 45.3 Å². The molecule has 0 saturated heterocycles. The Hall–Kier alpha value is -2.57. The van der Waals surface area contributed by atoms with Crippen LogP contribution >= 0.6 is 0 Å². The number of hydrogen-bond acceptors (Lipinski definition) is 5. The molecule has 150 valence electrons. The minimum atomic E-state index is -0.768. The van der Waals surface area contributed by atoms with Gasteiger partial charge in [0.05, 0.1) is 12.2 Å². The molecule has 3 aliphatic carbocycles. The van der Waals surface area contributed by atoms with Crippen molar-refractivity contribution in [3.63, 3.8) is 0 Å². The number of carbonyl (C=O) groups is 3. The van der Waals surface area contributed by atoms with Gasteiger partial charge in [0, 0.05) is 18.3 Å². The van der Waals surface area contributed by atoms with Crippen LogP contribution in [0.3, 0.4) is 0 Å². The molecule has 4 atom stereocenters. The third-order valence-corrected chi connectivity index (χ3v) is 6.53. The molecular formula is C21H26N2O5. The number of esters is 1. The first-order valence-electron chi connectivity index (χ1n) is 9.91. The first-order valence-corrected chi connectivity index (χ1v) is 9.91. The molecule has 3 fully saturated rings. The van der Waals surface area contributed by atoms with Gasteiger partial charge in [-0.1, -0.05) is 19.1 Å². The van der Waals surface area contributed by atoms with Gasteiger partial charge < -0.3 is 20.1 Å². The number of hydrogen-bond donors (Lipinski definition) is 2. The zero-order valence-corrected chi connectivity index (χ0v) is 16.2. The summed E-state index contributed by atoms with van der Waals surface area (Å²) < 4.78 is 11.2. The lowest BCUT2D eigenvalue weighted by Gasteiger charge is -2.59. The molecule has 7 nitrogen and oxygen atoms in total. The number of para-hydroxylation sites is 1. The van der Waals surface area contributed by atoms with Crippen LogP contribution in [0.1, 0.15) is 49.9 Å². The normalized spacial score (nSPS) is 32.9. The first-order chi connectivity index (χ1) is 13.4. The molecule has 5 rings (SSSR count). The van der Waals surface area contributed by atoms with Crippen molar-refractivity contribution in [2.75, 3.05) is 13.2 Å².